The molecule has 3 N–H and O–H groups in total. The lowest BCUT2D eigenvalue weighted by Crippen LogP contribution is -2.12. The molecule has 5 rings (SSSR count). The Labute approximate surface area is 200 Å². The molecule has 2 aromatic carbocycles. The fraction of sp³-hybridized carbons (Fsp3) is 0.160. The van der Waals surface area contributed by atoms with Gasteiger partial charge in [0, 0.05) is 71.2 Å². The lowest BCUT2D eigenvalue weighted by molar-refractivity contribution is 0.585. The first-order chi connectivity index (χ1) is 16.5. The Kier molecular flexibility index (Phi) is 6.02. The van der Waals surface area contributed by atoms with Crippen LogP contribution in [0.1, 0.15) is 24.0 Å². The number of nitrogens with one attached hydrogen (secondary N) is 3. The van der Waals surface area contributed by atoms with Crippen LogP contribution in [-0.2, 0) is 7.05 Å². The summed E-state index contributed by atoms with van der Waals surface area (Å²) < 4.78 is 33.1. The highest BCUT2D eigenvalue weighted by Gasteiger charge is 2.22. The molecule has 1 aromatic heterocycles. The van der Waals surface area contributed by atoms with Crippen molar-refractivity contribution in [2.75, 3.05) is 4.72 Å². The molecule has 1 aliphatic carbocycles. The van der Waals surface area contributed by atoms with Gasteiger partial charge in [0.05, 0.1) is 6.20 Å². The Hall–Kier alpha value is -3.72. The molecule has 0 amide bonds. The third-order valence-electron chi connectivity index (χ3n) is 5.49. The monoisotopic (exact) mass is 476 g/mol. The molecule has 6 nitrogen and oxygen atoms in total. The zero-order chi connectivity index (χ0) is 23.7. The van der Waals surface area contributed by atoms with Crippen LogP contribution in [0.25, 0.3) is 22.3 Å². The molecule has 0 spiro atoms. The van der Waals surface area contributed by atoms with Gasteiger partial charge in [-0.3, -0.25) is 4.68 Å². The molecule has 0 radical (unpaired) electrons. The van der Waals surface area contributed by atoms with Gasteiger partial charge in [0.1, 0.15) is 17.5 Å². The summed E-state index contributed by atoms with van der Waals surface area (Å²) in [6.45, 7) is 0. The van der Waals surface area contributed by atoms with E-state index in [1.165, 1.54) is 18.3 Å². The maximum Gasteiger partial charge on any atom is 0.139 e. The Bertz CT molecular complexity index is 1350. The fourth-order valence-corrected chi connectivity index (χ4v) is 4.37. The number of rotatable bonds is 7. The summed E-state index contributed by atoms with van der Waals surface area (Å²) in [6, 6.07) is 9.07. The van der Waals surface area contributed by atoms with E-state index in [-0.39, 0.29) is 5.56 Å². The minimum atomic E-state index is -0.639. The van der Waals surface area contributed by atoms with Gasteiger partial charge in [0.25, 0.3) is 0 Å². The summed E-state index contributed by atoms with van der Waals surface area (Å²) in [6.07, 6.45) is 10.7. The molecule has 1 saturated carbocycles. The predicted octanol–water partition coefficient (Wildman–Crippen LogP) is 5.62. The fourth-order valence-electron chi connectivity index (χ4n) is 3.58. The molecule has 0 unspecified atom stereocenters. The first kappa shape index (κ1) is 22.1. The molecule has 2 heterocycles. The second-order valence-corrected chi connectivity index (χ2v) is 9.26. The van der Waals surface area contributed by atoms with Crippen LogP contribution < -0.4 is 10.0 Å². The standard InChI is InChI=1S/C25H22F2N6S/c1-33-14-18(13-31-33)17-11-29-25(30-12-17)23(10-28)16-6-15(22-5-2-19(26)9-24(22)27)7-20(8-16)32-34-21-3-4-21/h2,5-14,21,28-29,32H,3-4H2,1H3/b25-23-,28-10?. The van der Waals surface area contributed by atoms with Crippen LogP contribution in [-0.4, -0.2) is 27.5 Å². The summed E-state index contributed by atoms with van der Waals surface area (Å²) in [5, 5.41) is 16.0. The van der Waals surface area contributed by atoms with Gasteiger partial charge in [-0.15, -0.1) is 0 Å². The molecule has 172 valence electrons. The number of aliphatic imine (C=N–C) groups is 1. The van der Waals surface area contributed by atoms with Crippen molar-refractivity contribution in [3.63, 3.8) is 0 Å². The van der Waals surface area contributed by atoms with Gasteiger partial charge in [-0.05, 0) is 66.2 Å². The summed E-state index contributed by atoms with van der Waals surface area (Å²) in [7, 11) is 1.85. The third-order valence-corrected chi connectivity index (χ3v) is 6.65. The molecule has 0 atom stereocenters. The lowest BCUT2D eigenvalue weighted by atomic mass is 9.97. The number of allylic oxidation sites excluding steroid dienone is 2. The third kappa shape index (κ3) is 4.79. The molecule has 2 aliphatic rings. The smallest absolute Gasteiger partial charge is 0.139 e. The molecule has 34 heavy (non-hydrogen) atoms. The van der Waals surface area contributed by atoms with Crippen LogP contribution in [0.15, 0.2) is 65.8 Å². The molecular weight excluding hydrogens is 454 g/mol. The number of hydrogen-bond donors (Lipinski definition) is 3. The zero-order valence-electron chi connectivity index (χ0n) is 18.3. The SMILES string of the molecule is Cn1cc(C2=CN/C(=C(\C=N)c3cc(NSC4CC4)cc(-c4ccc(F)cc4F)c3)N=C2)cn1. The summed E-state index contributed by atoms with van der Waals surface area (Å²) in [5.41, 5.74) is 4.67. The van der Waals surface area contributed by atoms with Crippen molar-refractivity contribution < 1.29 is 8.78 Å². The van der Waals surface area contributed by atoms with Crippen LogP contribution >= 0.6 is 11.9 Å². The lowest BCUT2D eigenvalue weighted by Gasteiger charge is -2.16. The van der Waals surface area contributed by atoms with Gasteiger partial charge < -0.3 is 15.4 Å². The van der Waals surface area contributed by atoms with Crippen molar-refractivity contribution in [2.45, 2.75) is 18.1 Å². The van der Waals surface area contributed by atoms with Crippen molar-refractivity contribution in [1.82, 2.24) is 15.1 Å². The Balaban J connectivity index is 1.52. The average molecular weight is 477 g/mol. The molecule has 9 heteroatoms. The van der Waals surface area contributed by atoms with Gasteiger partial charge in [-0.1, -0.05) is 0 Å². The van der Waals surface area contributed by atoms with Gasteiger partial charge in [-0.25, -0.2) is 13.8 Å². The number of aryl methyl sites for hydroxylation is 1. The van der Waals surface area contributed by atoms with E-state index >= 15 is 0 Å². The van der Waals surface area contributed by atoms with E-state index in [1.54, 1.807) is 35.1 Å². The highest BCUT2D eigenvalue weighted by atomic mass is 32.2. The molecule has 3 aromatic rings. The molecular formula is C25H22F2N6S. The van der Waals surface area contributed by atoms with Crippen LogP contribution in [0.3, 0.4) is 0 Å². The predicted molar refractivity (Wildman–Crippen MR) is 135 cm³/mol. The number of anilines is 1. The van der Waals surface area contributed by atoms with E-state index in [9.17, 15) is 8.78 Å². The number of nitrogens with zero attached hydrogens (tertiary/aromatic N) is 3. The van der Waals surface area contributed by atoms with Gasteiger partial charge in [0.2, 0.25) is 0 Å². The number of hydrogen-bond acceptors (Lipinski definition) is 6. The molecule has 0 bridgehead atoms. The first-order valence-electron chi connectivity index (χ1n) is 10.8. The Morgan fingerprint density at radius 2 is 2.06 bits per heavy atom. The maximum atomic E-state index is 14.6. The average Bonchev–Trinajstić information content (AvgIpc) is 3.57. The maximum absolute atomic E-state index is 14.6. The van der Waals surface area contributed by atoms with E-state index < -0.39 is 11.6 Å². The van der Waals surface area contributed by atoms with E-state index in [4.69, 9.17) is 5.41 Å². The van der Waals surface area contributed by atoms with E-state index in [0.717, 1.165) is 35.7 Å². The Morgan fingerprint density at radius 1 is 1.21 bits per heavy atom. The van der Waals surface area contributed by atoms with Crippen molar-refractivity contribution >= 4 is 41.2 Å². The number of halogens is 2. The summed E-state index contributed by atoms with van der Waals surface area (Å²) in [4.78, 5) is 4.53. The number of benzene rings is 2. The largest absolute Gasteiger partial charge is 0.345 e. The van der Waals surface area contributed by atoms with E-state index in [1.807, 2.05) is 31.6 Å². The van der Waals surface area contributed by atoms with Crippen LogP contribution in [0.2, 0.25) is 0 Å². The normalized spacial score (nSPS) is 16.6. The Morgan fingerprint density at radius 3 is 2.71 bits per heavy atom. The van der Waals surface area contributed by atoms with E-state index in [0.29, 0.717) is 27.8 Å². The molecule has 0 saturated heterocycles. The minimum absolute atomic E-state index is 0.288. The summed E-state index contributed by atoms with van der Waals surface area (Å²) in [5.74, 6) is -0.765. The first-order valence-corrected chi connectivity index (χ1v) is 11.7. The van der Waals surface area contributed by atoms with Crippen LogP contribution in [0.4, 0.5) is 14.5 Å². The van der Waals surface area contributed by atoms with Gasteiger partial charge in [-0.2, -0.15) is 5.10 Å². The van der Waals surface area contributed by atoms with Crippen LogP contribution in [0, 0.1) is 17.0 Å². The minimum Gasteiger partial charge on any atom is -0.345 e. The van der Waals surface area contributed by atoms with Crippen molar-refractivity contribution in [1.29, 1.82) is 5.41 Å². The van der Waals surface area contributed by atoms with Crippen molar-refractivity contribution in [3.8, 4) is 11.1 Å². The van der Waals surface area contributed by atoms with Crippen molar-refractivity contribution in [3.05, 3.63) is 83.6 Å². The highest BCUT2D eigenvalue weighted by Crippen LogP contribution is 2.37. The number of aromatic nitrogens is 2. The highest BCUT2D eigenvalue weighted by molar-refractivity contribution is 8.01. The topological polar surface area (TPSA) is 78.1 Å². The zero-order valence-corrected chi connectivity index (χ0v) is 19.2. The summed E-state index contributed by atoms with van der Waals surface area (Å²) >= 11 is 1.63. The van der Waals surface area contributed by atoms with Gasteiger partial charge >= 0.3 is 0 Å². The molecule has 1 fully saturated rings. The van der Waals surface area contributed by atoms with E-state index in [2.05, 4.69) is 20.1 Å². The second-order valence-electron chi connectivity index (χ2n) is 8.15. The van der Waals surface area contributed by atoms with Crippen LogP contribution in [0.5, 0.6) is 0 Å². The second kappa shape index (κ2) is 9.26. The van der Waals surface area contributed by atoms with Crippen molar-refractivity contribution in [2.24, 2.45) is 12.0 Å². The molecule has 1 aliphatic heterocycles. The van der Waals surface area contributed by atoms with Gasteiger partial charge in [0.15, 0.2) is 0 Å². The quantitative estimate of drug-likeness (QED) is 0.305.